The van der Waals surface area contributed by atoms with Crippen LogP contribution in [-0.4, -0.2) is 40.7 Å². The van der Waals surface area contributed by atoms with Gasteiger partial charge in [0.05, 0.1) is 23.0 Å². The number of hydrogen-bond donors (Lipinski definition) is 1. The van der Waals surface area contributed by atoms with Gasteiger partial charge < -0.3 is 10.1 Å². The number of carbonyl (C=O) groups excluding carboxylic acids is 2. The van der Waals surface area contributed by atoms with Crippen LogP contribution < -0.4 is 5.32 Å². The van der Waals surface area contributed by atoms with Crippen LogP contribution in [0, 0.1) is 0 Å². The maximum Gasteiger partial charge on any atom is 0.316 e. The molecule has 1 aromatic heterocycles. The van der Waals surface area contributed by atoms with Gasteiger partial charge in [-0.1, -0.05) is 47.6 Å². The number of aromatic nitrogens is 2. The molecule has 0 spiro atoms. The molecule has 6 nitrogen and oxygen atoms in total. The van der Waals surface area contributed by atoms with Gasteiger partial charge in [-0.2, -0.15) is 0 Å². The van der Waals surface area contributed by atoms with Gasteiger partial charge in [-0.3, -0.25) is 14.6 Å². The van der Waals surface area contributed by atoms with Gasteiger partial charge in [-0.15, -0.1) is 0 Å². The smallest absolute Gasteiger partial charge is 0.316 e. The van der Waals surface area contributed by atoms with E-state index in [0.717, 1.165) is 16.6 Å². The van der Waals surface area contributed by atoms with Gasteiger partial charge in [0, 0.05) is 11.6 Å². The SMILES string of the molecule is O=C(COC(=O)CSc1cnc2ccccc2n1)NCCc1ccc(Cl)cc1. The number of hydrogen-bond acceptors (Lipinski definition) is 6. The molecule has 2 aromatic carbocycles. The number of thioether (sulfide) groups is 1. The Labute approximate surface area is 171 Å². The summed E-state index contributed by atoms with van der Waals surface area (Å²) in [6.45, 7) is 0.156. The number of esters is 1. The van der Waals surface area contributed by atoms with Crippen LogP contribution in [0.5, 0.6) is 0 Å². The number of nitrogens with zero attached hydrogens (tertiary/aromatic N) is 2. The summed E-state index contributed by atoms with van der Waals surface area (Å²) in [7, 11) is 0. The fourth-order valence-corrected chi connectivity index (χ4v) is 3.14. The van der Waals surface area contributed by atoms with Crippen LogP contribution in [0.1, 0.15) is 5.56 Å². The minimum Gasteiger partial charge on any atom is -0.455 e. The first kappa shape index (κ1) is 20.1. The van der Waals surface area contributed by atoms with E-state index in [1.165, 1.54) is 11.8 Å². The summed E-state index contributed by atoms with van der Waals surface area (Å²) in [5.41, 5.74) is 2.63. The molecule has 0 fully saturated rings. The molecule has 1 N–H and O–H groups in total. The Morgan fingerprint density at radius 3 is 2.61 bits per heavy atom. The van der Waals surface area contributed by atoms with Gasteiger partial charge >= 0.3 is 5.97 Å². The summed E-state index contributed by atoms with van der Waals surface area (Å²) < 4.78 is 4.99. The lowest BCUT2D eigenvalue weighted by atomic mass is 10.1. The van der Waals surface area contributed by atoms with Gasteiger partial charge in [0.2, 0.25) is 0 Å². The Morgan fingerprint density at radius 1 is 1.07 bits per heavy atom. The summed E-state index contributed by atoms with van der Waals surface area (Å²) in [5.74, 6) is -0.754. The molecule has 0 aliphatic rings. The molecule has 3 rings (SSSR count). The highest BCUT2D eigenvalue weighted by molar-refractivity contribution is 7.99. The predicted octanol–water partition coefficient (Wildman–Crippen LogP) is 3.28. The molecule has 0 saturated heterocycles. The molecule has 0 bridgehead atoms. The molecular weight excluding hydrogens is 398 g/mol. The fourth-order valence-electron chi connectivity index (χ4n) is 2.38. The Morgan fingerprint density at radius 2 is 1.82 bits per heavy atom. The molecule has 0 aliphatic heterocycles. The summed E-state index contributed by atoms with van der Waals surface area (Å²) in [6, 6.07) is 14.9. The molecular formula is C20H18ClN3O3S. The third-order valence-corrected chi connectivity index (χ3v) is 4.90. The van der Waals surface area contributed by atoms with Crippen molar-refractivity contribution in [3.05, 3.63) is 65.3 Å². The lowest BCUT2D eigenvalue weighted by Gasteiger charge is -2.07. The second kappa shape index (κ2) is 10.1. The van der Waals surface area contributed by atoms with Crippen molar-refractivity contribution in [2.24, 2.45) is 0 Å². The van der Waals surface area contributed by atoms with Crippen molar-refractivity contribution in [1.29, 1.82) is 0 Å². The zero-order chi connectivity index (χ0) is 19.8. The summed E-state index contributed by atoms with van der Waals surface area (Å²) in [4.78, 5) is 32.3. The first-order valence-electron chi connectivity index (χ1n) is 8.61. The number of halogens is 1. The van der Waals surface area contributed by atoms with Crippen molar-refractivity contribution in [2.45, 2.75) is 11.4 Å². The van der Waals surface area contributed by atoms with Crippen molar-refractivity contribution in [1.82, 2.24) is 15.3 Å². The topological polar surface area (TPSA) is 81.2 Å². The van der Waals surface area contributed by atoms with Gasteiger partial charge in [-0.05, 0) is 36.2 Å². The average molecular weight is 416 g/mol. The lowest BCUT2D eigenvalue weighted by Crippen LogP contribution is -2.30. The minimum atomic E-state index is -0.479. The molecule has 0 atom stereocenters. The molecule has 8 heteroatoms. The lowest BCUT2D eigenvalue weighted by molar-refractivity contribution is -0.145. The summed E-state index contributed by atoms with van der Waals surface area (Å²) in [6.07, 6.45) is 2.29. The van der Waals surface area contributed by atoms with Crippen LogP contribution >= 0.6 is 23.4 Å². The number of amides is 1. The molecule has 0 unspecified atom stereocenters. The van der Waals surface area contributed by atoms with E-state index in [9.17, 15) is 9.59 Å². The van der Waals surface area contributed by atoms with Crippen molar-refractivity contribution in [2.75, 3.05) is 18.9 Å². The molecule has 0 saturated carbocycles. The monoisotopic (exact) mass is 415 g/mol. The highest BCUT2D eigenvalue weighted by Crippen LogP contribution is 2.17. The van der Waals surface area contributed by atoms with Crippen molar-refractivity contribution < 1.29 is 14.3 Å². The number of fused-ring (bicyclic) bond motifs is 1. The van der Waals surface area contributed by atoms with E-state index in [1.807, 2.05) is 36.4 Å². The fraction of sp³-hybridized carbons (Fsp3) is 0.200. The Bertz CT molecular complexity index is 966. The van der Waals surface area contributed by atoms with Crippen LogP contribution in [0.3, 0.4) is 0 Å². The maximum atomic E-state index is 11.8. The first-order valence-corrected chi connectivity index (χ1v) is 9.98. The first-order chi connectivity index (χ1) is 13.6. The maximum absolute atomic E-state index is 11.8. The van der Waals surface area contributed by atoms with E-state index in [1.54, 1.807) is 18.3 Å². The second-order valence-electron chi connectivity index (χ2n) is 5.87. The third-order valence-electron chi connectivity index (χ3n) is 3.78. The highest BCUT2D eigenvalue weighted by atomic mass is 35.5. The molecule has 28 heavy (non-hydrogen) atoms. The van der Waals surface area contributed by atoms with Crippen LogP contribution in [0.4, 0.5) is 0 Å². The highest BCUT2D eigenvalue weighted by Gasteiger charge is 2.09. The van der Waals surface area contributed by atoms with E-state index in [4.69, 9.17) is 16.3 Å². The van der Waals surface area contributed by atoms with Crippen molar-refractivity contribution in [3.8, 4) is 0 Å². The van der Waals surface area contributed by atoms with Crippen LogP contribution in [0.2, 0.25) is 5.02 Å². The zero-order valence-electron chi connectivity index (χ0n) is 14.9. The quantitative estimate of drug-likeness (QED) is 0.449. The molecule has 0 radical (unpaired) electrons. The number of carbonyl (C=O) groups is 2. The van der Waals surface area contributed by atoms with Gasteiger partial charge in [-0.25, -0.2) is 4.98 Å². The molecule has 3 aromatic rings. The Kier molecular flexibility index (Phi) is 7.22. The van der Waals surface area contributed by atoms with E-state index >= 15 is 0 Å². The van der Waals surface area contributed by atoms with E-state index in [2.05, 4.69) is 15.3 Å². The van der Waals surface area contributed by atoms with Gasteiger partial charge in [0.15, 0.2) is 6.61 Å². The van der Waals surface area contributed by atoms with Gasteiger partial charge in [0.25, 0.3) is 5.91 Å². The average Bonchev–Trinajstić information content (AvgIpc) is 2.72. The normalized spacial score (nSPS) is 10.6. The van der Waals surface area contributed by atoms with Crippen molar-refractivity contribution >= 4 is 46.3 Å². The number of benzene rings is 2. The van der Waals surface area contributed by atoms with Crippen LogP contribution in [-0.2, 0) is 20.7 Å². The Hall–Kier alpha value is -2.64. The molecule has 0 aliphatic carbocycles. The minimum absolute atomic E-state index is 0.0606. The number of para-hydroxylation sites is 2. The standard InChI is InChI=1S/C20H18ClN3O3S/c21-15-7-5-14(6-8-15)9-10-22-18(25)12-27-20(26)13-28-19-11-23-16-3-1-2-4-17(16)24-19/h1-8,11H,9-10,12-13H2,(H,22,25). The Balaban J connectivity index is 1.35. The third kappa shape index (κ3) is 6.21. The molecule has 144 valence electrons. The van der Waals surface area contributed by atoms with Gasteiger partial charge in [0.1, 0.15) is 5.03 Å². The summed E-state index contributed by atoms with van der Waals surface area (Å²) in [5, 5.41) is 4.02. The zero-order valence-corrected chi connectivity index (χ0v) is 16.5. The molecule has 1 heterocycles. The van der Waals surface area contributed by atoms with E-state index in [-0.39, 0.29) is 18.3 Å². The van der Waals surface area contributed by atoms with Crippen LogP contribution in [0.25, 0.3) is 11.0 Å². The predicted molar refractivity (Wildman–Crippen MR) is 109 cm³/mol. The van der Waals surface area contributed by atoms with E-state index in [0.29, 0.717) is 23.0 Å². The number of ether oxygens (including phenoxy) is 1. The van der Waals surface area contributed by atoms with E-state index < -0.39 is 5.97 Å². The number of rotatable bonds is 8. The van der Waals surface area contributed by atoms with Crippen LogP contribution in [0.15, 0.2) is 59.8 Å². The number of nitrogens with one attached hydrogen (secondary N) is 1. The van der Waals surface area contributed by atoms with Crippen molar-refractivity contribution in [3.63, 3.8) is 0 Å². The second-order valence-corrected chi connectivity index (χ2v) is 7.30. The largest absolute Gasteiger partial charge is 0.455 e. The summed E-state index contributed by atoms with van der Waals surface area (Å²) >= 11 is 7.05. The molecule has 1 amide bonds.